The smallest absolute Gasteiger partial charge is 0.320 e. The fraction of sp³-hybridized carbons (Fsp3) is 0.267. The molecule has 1 aromatic carbocycles. The maximum atomic E-state index is 12.2. The molecule has 1 aromatic heterocycles. The van der Waals surface area contributed by atoms with Crippen LogP contribution in [0.1, 0.15) is 15.5 Å². The Morgan fingerprint density at radius 2 is 2.07 bits per heavy atom. The van der Waals surface area contributed by atoms with Crippen molar-refractivity contribution in [1.29, 1.82) is 0 Å². The molecule has 148 valence electrons. The Morgan fingerprint density at radius 1 is 1.33 bits per heavy atom. The lowest BCUT2D eigenvalue weighted by atomic mass is 10.3. The number of benzene rings is 1. The minimum absolute atomic E-state index is 0. The third-order valence-corrected chi connectivity index (χ3v) is 5.49. The Kier molecular flexibility index (Phi) is 8.79. The summed E-state index contributed by atoms with van der Waals surface area (Å²) in [7, 11) is -2.76. The number of hydrogen-bond acceptors (Lipinski definition) is 8. The highest BCUT2D eigenvalue weighted by Crippen LogP contribution is 2.17. The predicted octanol–water partition coefficient (Wildman–Crippen LogP) is 0.770. The second-order valence-electron chi connectivity index (χ2n) is 5.05. The van der Waals surface area contributed by atoms with Crippen LogP contribution in [0.5, 0.6) is 0 Å². The summed E-state index contributed by atoms with van der Waals surface area (Å²) in [6, 6.07) is 5.65. The van der Waals surface area contributed by atoms with Gasteiger partial charge in [0, 0.05) is 17.5 Å². The number of halogens is 1. The zero-order valence-electron chi connectivity index (χ0n) is 14.3. The molecular formula is C15H19ClN4O5S2. The summed E-state index contributed by atoms with van der Waals surface area (Å²) in [6.45, 7) is -0.0504. The number of nitrogens with two attached hydrogens (primary N) is 1. The van der Waals surface area contributed by atoms with Crippen molar-refractivity contribution in [3.63, 3.8) is 0 Å². The fourth-order valence-electron chi connectivity index (χ4n) is 1.90. The van der Waals surface area contributed by atoms with Crippen LogP contribution in [0.15, 0.2) is 34.5 Å². The molecule has 1 amide bonds. The van der Waals surface area contributed by atoms with Crippen LogP contribution >= 0.6 is 23.7 Å². The first-order valence-corrected chi connectivity index (χ1v) is 9.84. The van der Waals surface area contributed by atoms with Crippen LogP contribution in [-0.2, 0) is 26.0 Å². The molecule has 0 aliphatic heterocycles. The molecule has 9 nitrogen and oxygen atoms in total. The van der Waals surface area contributed by atoms with E-state index in [0.717, 1.165) is 12.1 Å². The molecule has 0 radical (unpaired) electrons. The van der Waals surface area contributed by atoms with Gasteiger partial charge >= 0.3 is 5.97 Å². The van der Waals surface area contributed by atoms with Gasteiger partial charge < -0.3 is 15.8 Å². The normalized spacial score (nSPS) is 10.7. The molecule has 0 saturated heterocycles. The van der Waals surface area contributed by atoms with Crippen molar-refractivity contribution in [2.45, 2.75) is 11.3 Å². The molecule has 2 rings (SSSR count). The van der Waals surface area contributed by atoms with Gasteiger partial charge in [-0.2, -0.15) is 4.72 Å². The highest BCUT2D eigenvalue weighted by atomic mass is 35.5. The highest BCUT2D eigenvalue weighted by molar-refractivity contribution is 7.89. The average Bonchev–Trinajstić information content (AvgIpc) is 3.09. The fourth-order valence-corrected chi connectivity index (χ4v) is 3.71. The zero-order valence-corrected chi connectivity index (χ0v) is 16.7. The molecule has 0 unspecified atom stereocenters. The molecular weight excluding hydrogens is 416 g/mol. The molecule has 0 aliphatic rings. The number of nitrogens with zero attached hydrogens (tertiary/aromatic N) is 1. The molecule has 12 heteroatoms. The van der Waals surface area contributed by atoms with Crippen molar-refractivity contribution in [3.05, 3.63) is 40.3 Å². The first-order chi connectivity index (χ1) is 12.4. The first-order valence-electron chi connectivity index (χ1n) is 7.48. The van der Waals surface area contributed by atoms with E-state index >= 15 is 0 Å². The monoisotopic (exact) mass is 434 g/mol. The number of hydrogen-bond donors (Lipinski definition) is 3. The van der Waals surface area contributed by atoms with E-state index in [2.05, 4.69) is 19.8 Å². The number of nitrogens with one attached hydrogen (secondary N) is 2. The van der Waals surface area contributed by atoms with Crippen molar-refractivity contribution in [2.24, 2.45) is 5.73 Å². The third-order valence-electron chi connectivity index (χ3n) is 3.18. The minimum atomic E-state index is -3.92. The Labute approximate surface area is 166 Å². The zero-order chi connectivity index (χ0) is 19.2. The van der Waals surface area contributed by atoms with Crippen molar-refractivity contribution < 1.29 is 22.7 Å². The largest absolute Gasteiger partial charge is 0.468 e. The second kappa shape index (κ2) is 10.3. The van der Waals surface area contributed by atoms with Crippen molar-refractivity contribution >= 4 is 51.3 Å². The molecule has 0 bridgehead atoms. The molecule has 0 saturated carbocycles. The number of anilines is 1. The van der Waals surface area contributed by atoms with Gasteiger partial charge in [0.1, 0.15) is 12.2 Å². The number of esters is 1. The van der Waals surface area contributed by atoms with Crippen LogP contribution in [0.3, 0.4) is 0 Å². The maximum Gasteiger partial charge on any atom is 0.320 e. The SMILES string of the molecule is COC(=O)CNS(=O)(=O)c1cccc(NC(=O)c2csc(CCN)n2)c1.Cl. The lowest BCUT2D eigenvalue weighted by molar-refractivity contribution is -0.139. The number of aromatic nitrogens is 1. The lowest BCUT2D eigenvalue weighted by Gasteiger charge is -2.08. The van der Waals surface area contributed by atoms with Gasteiger partial charge in [-0.15, -0.1) is 23.7 Å². The van der Waals surface area contributed by atoms with Gasteiger partial charge in [-0.3, -0.25) is 9.59 Å². The summed E-state index contributed by atoms with van der Waals surface area (Å²) in [6.07, 6.45) is 0.581. The number of thiazole rings is 1. The Balaban J connectivity index is 0.00000364. The number of ether oxygens (including phenoxy) is 1. The predicted molar refractivity (Wildman–Crippen MR) is 104 cm³/mol. The number of rotatable bonds is 8. The summed E-state index contributed by atoms with van der Waals surface area (Å²) < 4.78 is 30.9. The number of amides is 1. The van der Waals surface area contributed by atoms with Crippen molar-refractivity contribution in [2.75, 3.05) is 25.5 Å². The number of methoxy groups -OCH3 is 1. The van der Waals surface area contributed by atoms with E-state index in [0.29, 0.717) is 13.0 Å². The van der Waals surface area contributed by atoms with Crippen LogP contribution in [0.2, 0.25) is 0 Å². The van der Waals surface area contributed by atoms with Gasteiger partial charge in [-0.05, 0) is 24.7 Å². The highest BCUT2D eigenvalue weighted by Gasteiger charge is 2.17. The lowest BCUT2D eigenvalue weighted by Crippen LogP contribution is -2.30. The summed E-state index contributed by atoms with van der Waals surface area (Å²) in [5.74, 6) is -1.17. The molecule has 1 heterocycles. The second-order valence-corrected chi connectivity index (χ2v) is 7.76. The van der Waals surface area contributed by atoms with Crippen LogP contribution in [0, 0.1) is 0 Å². The van der Waals surface area contributed by atoms with E-state index in [4.69, 9.17) is 5.73 Å². The van der Waals surface area contributed by atoms with Gasteiger partial charge in [0.15, 0.2) is 0 Å². The minimum Gasteiger partial charge on any atom is -0.468 e. The van der Waals surface area contributed by atoms with Gasteiger partial charge in [-0.25, -0.2) is 13.4 Å². The van der Waals surface area contributed by atoms with Gasteiger partial charge in [0.05, 0.1) is 17.0 Å². The van der Waals surface area contributed by atoms with Crippen molar-refractivity contribution in [3.8, 4) is 0 Å². The molecule has 0 aliphatic carbocycles. The van der Waals surface area contributed by atoms with Gasteiger partial charge in [0.2, 0.25) is 10.0 Å². The molecule has 0 spiro atoms. The Bertz CT molecular complexity index is 901. The van der Waals surface area contributed by atoms with Crippen LogP contribution in [0.25, 0.3) is 0 Å². The Hall–Kier alpha value is -2.05. The summed E-state index contributed by atoms with van der Waals surface area (Å²) in [5, 5.41) is 4.95. The maximum absolute atomic E-state index is 12.2. The molecule has 27 heavy (non-hydrogen) atoms. The van der Waals surface area contributed by atoms with E-state index in [9.17, 15) is 18.0 Å². The Morgan fingerprint density at radius 3 is 2.74 bits per heavy atom. The standard InChI is InChI=1S/C15H18N4O5S2.ClH/c1-24-14(20)8-17-26(22,23)11-4-2-3-10(7-11)18-15(21)12-9-25-13(19-12)5-6-16;/h2-4,7,9,17H,5-6,8,16H2,1H3,(H,18,21);1H. The first kappa shape index (κ1) is 23.0. The van der Waals surface area contributed by atoms with E-state index < -0.39 is 28.4 Å². The number of sulfonamides is 1. The van der Waals surface area contributed by atoms with Gasteiger partial charge in [0.25, 0.3) is 5.91 Å². The van der Waals surface area contributed by atoms with E-state index in [1.165, 1.54) is 29.5 Å². The van der Waals surface area contributed by atoms with E-state index in [-0.39, 0.29) is 28.7 Å². The summed E-state index contributed by atoms with van der Waals surface area (Å²) >= 11 is 1.33. The molecule has 0 atom stereocenters. The van der Waals surface area contributed by atoms with E-state index in [1.54, 1.807) is 11.4 Å². The quantitative estimate of drug-likeness (QED) is 0.521. The molecule has 2 aromatic rings. The van der Waals surface area contributed by atoms with Crippen molar-refractivity contribution in [1.82, 2.24) is 9.71 Å². The van der Waals surface area contributed by atoms with Crippen LogP contribution in [0.4, 0.5) is 5.69 Å². The topological polar surface area (TPSA) is 140 Å². The van der Waals surface area contributed by atoms with Gasteiger partial charge in [-0.1, -0.05) is 6.07 Å². The molecule has 4 N–H and O–H groups in total. The van der Waals surface area contributed by atoms with Crippen LogP contribution < -0.4 is 15.8 Å². The number of carbonyl (C=O) groups is 2. The summed E-state index contributed by atoms with van der Waals surface area (Å²) in [4.78, 5) is 27.4. The molecule has 0 fully saturated rings. The third kappa shape index (κ3) is 6.56. The average molecular weight is 435 g/mol. The number of carbonyl (C=O) groups excluding carboxylic acids is 2. The van der Waals surface area contributed by atoms with Crippen LogP contribution in [-0.4, -0.2) is 45.5 Å². The summed E-state index contributed by atoms with van der Waals surface area (Å²) in [5.41, 5.74) is 5.97. The van der Waals surface area contributed by atoms with E-state index in [1.807, 2.05) is 0 Å².